The molecule has 0 aromatic heterocycles. The fraction of sp³-hybridized carbons (Fsp3) is 0.435. The molecule has 1 fully saturated rings. The van der Waals surface area contributed by atoms with Gasteiger partial charge in [-0.15, -0.1) is 0 Å². The number of ether oxygens (including phenoxy) is 2. The summed E-state index contributed by atoms with van der Waals surface area (Å²) in [4.78, 5) is 12.5. The molecule has 1 amide bonds. The van der Waals surface area contributed by atoms with Crippen molar-refractivity contribution in [1.82, 2.24) is 0 Å². The van der Waals surface area contributed by atoms with E-state index >= 15 is 0 Å². The zero-order valence-electron chi connectivity index (χ0n) is 16.4. The van der Waals surface area contributed by atoms with Crippen molar-refractivity contribution in [3.8, 4) is 11.5 Å². The Morgan fingerprint density at radius 3 is 2.33 bits per heavy atom. The Labute approximate surface area is 161 Å². The van der Waals surface area contributed by atoms with E-state index in [1.165, 1.54) is 12.8 Å². The van der Waals surface area contributed by atoms with Crippen LogP contribution in [0.3, 0.4) is 0 Å². The maximum absolute atomic E-state index is 12.5. The fourth-order valence-electron chi connectivity index (χ4n) is 3.37. The number of carbonyl (C=O) groups is 1. The predicted molar refractivity (Wildman–Crippen MR) is 109 cm³/mol. The molecule has 1 aliphatic carbocycles. The van der Waals surface area contributed by atoms with Crippen LogP contribution in [0, 0.1) is 0 Å². The molecule has 2 aromatic carbocycles. The Balaban J connectivity index is 1.56. The monoisotopic (exact) mass is 367 g/mol. The summed E-state index contributed by atoms with van der Waals surface area (Å²) in [5.74, 6) is 1.78. The summed E-state index contributed by atoms with van der Waals surface area (Å²) < 4.78 is 11.9. The summed E-state index contributed by atoms with van der Waals surface area (Å²) >= 11 is 0. The number of nitrogens with one attached hydrogen (secondary N) is 1. The van der Waals surface area contributed by atoms with E-state index in [1.807, 2.05) is 48.5 Å². The van der Waals surface area contributed by atoms with E-state index in [4.69, 9.17) is 9.47 Å². The first kappa shape index (κ1) is 19.3. The Hall–Kier alpha value is -2.49. The first-order valence-electron chi connectivity index (χ1n) is 9.86. The highest BCUT2D eigenvalue weighted by molar-refractivity contribution is 5.94. The van der Waals surface area contributed by atoms with Crippen LogP contribution in [0.25, 0.3) is 0 Å². The van der Waals surface area contributed by atoms with Crippen LogP contribution in [0.5, 0.6) is 11.5 Å². The van der Waals surface area contributed by atoms with Crippen LogP contribution in [-0.4, -0.2) is 18.1 Å². The molecule has 1 atom stereocenters. The molecule has 144 valence electrons. The van der Waals surface area contributed by atoms with E-state index in [0.29, 0.717) is 12.0 Å². The molecule has 4 heteroatoms. The van der Waals surface area contributed by atoms with Crippen molar-refractivity contribution in [2.24, 2.45) is 0 Å². The normalized spacial score (nSPS) is 15.6. The molecular weight excluding hydrogens is 338 g/mol. The fourth-order valence-corrected chi connectivity index (χ4v) is 3.37. The maximum atomic E-state index is 12.5. The Morgan fingerprint density at radius 2 is 1.67 bits per heavy atom. The molecule has 1 saturated carbocycles. The molecule has 0 spiro atoms. The number of benzene rings is 2. The zero-order valence-corrected chi connectivity index (χ0v) is 16.4. The van der Waals surface area contributed by atoms with Gasteiger partial charge in [-0.25, -0.2) is 0 Å². The maximum Gasteiger partial charge on any atom is 0.265 e. The minimum atomic E-state index is -0.584. The molecule has 3 rings (SSSR count). The number of amides is 1. The average Bonchev–Trinajstić information content (AvgIpc) is 3.16. The van der Waals surface area contributed by atoms with Crippen LogP contribution in [0.4, 0.5) is 5.69 Å². The van der Waals surface area contributed by atoms with E-state index < -0.39 is 6.10 Å². The molecule has 2 aromatic rings. The molecule has 0 saturated heterocycles. The molecule has 1 unspecified atom stereocenters. The smallest absolute Gasteiger partial charge is 0.265 e. The molecular formula is C23H29NO3. The highest BCUT2D eigenvalue weighted by atomic mass is 16.5. The lowest BCUT2D eigenvalue weighted by atomic mass is 10.0. The number of para-hydroxylation sites is 1. The third kappa shape index (κ3) is 5.25. The van der Waals surface area contributed by atoms with Crippen LogP contribution in [0.15, 0.2) is 48.5 Å². The van der Waals surface area contributed by atoms with Gasteiger partial charge in [0.05, 0.1) is 6.10 Å². The van der Waals surface area contributed by atoms with Gasteiger partial charge in [-0.2, -0.15) is 0 Å². The van der Waals surface area contributed by atoms with Gasteiger partial charge in [0.15, 0.2) is 6.10 Å². The standard InChI is InChI=1S/C23H29NO3/c1-16(2)21-10-6-7-11-22(21)26-17(3)23(25)24-18-12-14-20(15-13-18)27-19-8-4-5-9-19/h6-7,10-17,19H,4-5,8-9H2,1-3H3,(H,24,25). The summed E-state index contributed by atoms with van der Waals surface area (Å²) in [5, 5.41) is 2.91. The Morgan fingerprint density at radius 1 is 1.00 bits per heavy atom. The first-order valence-corrected chi connectivity index (χ1v) is 9.86. The van der Waals surface area contributed by atoms with Crippen molar-refractivity contribution >= 4 is 11.6 Å². The molecule has 1 N–H and O–H groups in total. The van der Waals surface area contributed by atoms with E-state index in [1.54, 1.807) is 6.92 Å². The van der Waals surface area contributed by atoms with Gasteiger partial charge in [0.2, 0.25) is 0 Å². The van der Waals surface area contributed by atoms with Gasteiger partial charge in [0.1, 0.15) is 11.5 Å². The van der Waals surface area contributed by atoms with Crippen molar-refractivity contribution in [2.75, 3.05) is 5.32 Å². The lowest BCUT2D eigenvalue weighted by Gasteiger charge is -2.19. The number of carbonyl (C=O) groups excluding carboxylic acids is 1. The largest absolute Gasteiger partial charge is 0.490 e. The van der Waals surface area contributed by atoms with Crippen molar-refractivity contribution in [2.45, 2.75) is 64.6 Å². The quantitative estimate of drug-likeness (QED) is 0.699. The van der Waals surface area contributed by atoms with Crippen molar-refractivity contribution < 1.29 is 14.3 Å². The molecule has 4 nitrogen and oxygen atoms in total. The van der Waals surface area contributed by atoms with E-state index in [0.717, 1.165) is 35.6 Å². The average molecular weight is 367 g/mol. The van der Waals surface area contributed by atoms with Gasteiger partial charge >= 0.3 is 0 Å². The van der Waals surface area contributed by atoms with Crippen molar-refractivity contribution in [3.63, 3.8) is 0 Å². The third-order valence-corrected chi connectivity index (χ3v) is 4.94. The molecule has 0 heterocycles. The van der Waals surface area contributed by atoms with Crippen LogP contribution < -0.4 is 14.8 Å². The Kier molecular flexibility index (Phi) is 6.38. The summed E-state index contributed by atoms with van der Waals surface area (Å²) in [6, 6.07) is 15.4. The van der Waals surface area contributed by atoms with Crippen molar-refractivity contribution in [3.05, 3.63) is 54.1 Å². The van der Waals surface area contributed by atoms with Crippen LogP contribution in [0.1, 0.15) is 57.9 Å². The topological polar surface area (TPSA) is 47.6 Å². The molecule has 1 aliphatic rings. The van der Waals surface area contributed by atoms with Gasteiger partial charge in [-0.05, 0) is 74.4 Å². The summed E-state index contributed by atoms with van der Waals surface area (Å²) in [6.07, 6.45) is 4.50. The minimum absolute atomic E-state index is 0.168. The lowest BCUT2D eigenvalue weighted by molar-refractivity contribution is -0.122. The number of hydrogen-bond acceptors (Lipinski definition) is 3. The number of rotatable bonds is 7. The second-order valence-corrected chi connectivity index (χ2v) is 7.49. The SMILES string of the molecule is CC(Oc1ccccc1C(C)C)C(=O)Nc1ccc(OC2CCCC2)cc1. The predicted octanol–water partition coefficient (Wildman–Crippen LogP) is 5.54. The van der Waals surface area contributed by atoms with E-state index in [-0.39, 0.29) is 5.91 Å². The lowest BCUT2D eigenvalue weighted by Crippen LogP contribution is -2.30. The third-order valence-electron chi connectivity index (χ3n) is 4.94. The molecule has 27 heavy (non-hydrogen) atoms. The molecule has 0 radical (unpaired) electrons. The van der Waals surface area contributed by atoms with Gasteiger partial charge in [-0.1, -0.05) is 32.0 Å². The summed E-state index contributed by atoms with van der Waals surface area (Å²) in [5.41, 5.74) is 1.84. The second-order valence-electron chi connectivity index (χ2n) is 7.49. The van der Waals surface area contributed by atoms with Crippen LogP contribution in [-0.2, 0) is 4.79 Å². The van der Waals surface area contributed by atoms with Crippen LogP contribution >= 0.6 is 0 Å². The zero-order chi connectivity index (χ0) is 19.2. The number of anilines is 1. The molecule has 0 aliphatic heterocycles. The van der Waals surface area contributed by atoms with Crippen molar-refractivity contribution in [1.29, 1.82) is 0 Å². The highest BCUT2D eigenvalue weighted by Crippen LogP contribution is 2.27. The minimum Gasteiger partial charge on any atom is -0.490 e. The second kappa shape index (κ2) is 8.94. The highest BCUT2D eigenvalue weighted by Gasteiger charge is 2.18. The van der Waals surface area contributed by atoms with Crippen LogP contribution in [0.2, 0.25) is 0 Å². The van der Waals surface area contributed by atoms with E-state index in [9.17, 15) is 4.79 Å². The van der Waals surface area contributed by atoms with E-state index in [2.05, 4.69) is 19.2 Å². The Bertz CT molecular complexity index is 748. The van der Waals surface area contributed by atoms with Gasteiger partial charge in [0.25, 0.3) is 5.91 Å². The number of hydrogen-bond donors (Lipinski definition) is 1. The summed E-state index contributed by atoms with van der Waals surface area (Å²) in [6.45, 7) is 5.99. The van der Waals surface area contributed by atoms with Gasteiger partial charge in [0, 0.05) is 5.69 Å². The molecule has 0 bridgehead atoms. The summed E-state index contributed by atoms with van der Waals surface area (Å²) in [7, 11) is 0. The van der Waals surface area contributed by atoms with Gasteiger partial charge in [-0.3, -0.25) is 4.79 Å². The van der Waals surface area contributed by atoms with Gasteiger partial charge < -0.3 is 14.8 Å². The first-order chi connectivity index (χ1) is 13.0.